The first-order valence-electron chi connectivity index (χ1n) is 13.8. The maximum Gasteiger partial charge on any atom is 0.321 e. The van der Waals surface area contributed by atoms with Crippen LogP contribution in [0.1, 0.15) is 25.3 Å². The summed E-state index contributed by atoms with van der Waals surface area (Å²) in [4.78, 5) is 28.8. The molecule has 2 aliphatic rings. The minimum absolute atomic E-state index is 0.0524. The molecule has 3 aromatic rings. The van der Waals surface area contributed by atoms with Crippen LogP contribution in [0.3, 0.4) is 0 Å². The molecule has 1 aliphatic heterocycles. The zero-order valence-electron chi connectivity index (χ0n) is 23.9. The summed E-state index contributed by atoms with van der Waals surface area (Å²) in [5.41, 5.74) is 1.96. The molecule has 11 nitrogen and oxygen atoms in total. The van der Waals surface area contributed by atoms with Crippen LogP contribution in [-0.2, 0) is 15.8 Å². The topological polar surface area (TPSA) is 117 Å². The van der Waals surface area contributed by atoms with Gasteiger partial charge in [-0.3, -0.25) is 4.79 Å². The maximum absolute atomic E-state index is 13.6. The van der Waals surface area contributed by atoms with Gasteiger partial charge >= 0.3 is 11.6 Å². The second-order valence-corrected chi connectivity index (χ2v) is 13.7. The normalized spacial score (nSPS) is 16.6. The molecule has 224 valence electrons. The van der Waals surface area contributed by atoms with Crippen LogP contribution in [0.25, 0.3) is 5.69 Å². The van der Waals surface area contributed by atoms with Crippen LogP contribution < -0.4 is 20.5 Å². The van der Waals surface area contributed by atoms with Gasteiger partial charge in [0.1, 0.15) is 5.69 Å². The number of sulfonamides is 1. The van der Waals surface area contributed by atoms with Crippen LogP contribution >= 0.6 is 11.6 Å². The molecule has 1 saturated heterocycles. The van der Waals surface area contributed by atoms with E-state index in [1.54, 1.807) is 68.8 Å². The van der Waals surface area contributed by atoms with Crippen molar-refractivity contribution in [2.75, 3.05) is 57.1 Å². The highest BCUT2D eigenvalue weighted by atomic mass is 35.5. The number of carbonyl (C=O) groups is 1. The van der Waals surface area contributed by atoms with Gasteiger partial charge in [0, 0.05) is 56.4 Å². The van der Waals surface area contributed by atoms with Crippen molar-refractivity contribution < 1.29 is 17.9 Å². The zero-order chi connectivity index (χ0) is 30.1. The molecule has 1 saturated carbocycles. The number of rotatable bonds is 9. The lowest BCUT2D eigenvalue weighted by molar-refractivity contribution is 0.230. The fourth-order valence-electron chi connectivity index (χ4n) is 4.61. The van der Waals surface area contributed by atoms with Crippen molar-refractivity contribution in [3.63, 3.8) is 0 Å². The molecule has 1 aliphatic carbocycles. The molecule has 0 spiro atoms. The summed E-state index contributed by atoms with van der Waals surface area (Å²) in [5, 5.41) is 7.63. The molecular formula is C29H35ClN6O5S. The minimum Gasteiger partial charge on any atom is -0.486 e. The third-order valence-corrected chi connectivity index (χ3v) is 9.65. The largest absolute Gasteiger partial charge is 0.486 e. The maximum atomic E-state index is 13.6. The summed E-state index contributed by atoms with van der Waals surface area (Å²) < 4.78 is 35.4. The van der Waals surface area contributed by atoms with E-state index in [1.807, 2.05) is 4.90 Å². The predicted molar refractivity (Wildman–Crippen MR) is 163 cm³/mol. The quantitative estimate of drug-likeness (QED) is 0.389. The van der Waals surface area contributed by atoms with E-state index in [-0.39, 0.29) is 41.6 Å². The molecule has 0 bridgehead atoms. The molecule has 13 heteroatoms. The first-order chi connectivity index (χ1) is 19.9. The molecule has 5 rings (SSSR count). The number of aromatic nitrogens is 2. The van der Waals surface area contributed by atoms with E-state index in [1.165, 1.54) is 13.9 Å². The van der Waals surface area contributed by atoms with Crippen LogP contribution in [0.15, 0.2) is 59.5 Å². The molecule has 2 aromatic carbocycles. The minimum atomic E-state index is -3.59. The van der Waals surface area contributed by atoms with Gasteiger partial charge in [-0.2, -0.15) is 14.1 Å². The Hall–Kier alpha value is -3.61. The molecule has 1 aromatic heterocycles. The molecule has 1 N–H and O–H groups in total. The summed E-state index contributed by atoms with van der Waals surface area (Å²) >= 11 is 6.15. The van der Waals surface area contributed by atoms with E-state index in [4.69, 9.17) is 16.3 Å². The number of nitrogens with one attached hydrogen (secondary N) is 1. The Balaban J connectivity index is 1.29. The van der Waals surface area contributed by atoms with Crippen molar-refractivity contribution in [2.45, 2.75) is 25.5 Å². The number of urea groups is 1. The fourth-order valence-corrected chi connectivity index (χ4v) is 6.32. The monoisotopic (exact) mass is 614 g/mol. The van der Waals surface area contributed by atoms with Gasteiger partial charge in [0.25, 0.3) is 0 Å². The molecular weight excluding hydrogens is 580 g/mol. The van der Waals surface area contributed by atoms with Gasteiger partial charge in [-0.1, -0.05) is 36.7 Å². The lowest BCUT2D eigenvalue weighted by atomic mass is 10.2. The first kappa shape index (κ1) is 29.9. The van der Waals surface area contributed by atoms with Gasteiger partial charge in [-0.15, -0.1) is 0 Å². The number of hydrogen-bond donors (Lipinski definition) is 1. The second kappa shape index (κ2) is 11.9. The molecule has 0 atom stereocenters. The van der Waals surface area contributed by atoms with Crippen LogP contribution in [0.2, 0.25) is 5.02 Å². The smallest absolute Gasteiger partial charge is 0.321 e. The molecule has 2 fully saturated rings. The van der Waals surface area contributed by atoms with Gasteiger partial charge in [0.15, 0.2) is 0 Å². The van der Waals surface area contributed by atoms with Crippen molar-refractivity contribution in [1.82, 2.24) is 19.0 Å². The highest BCUT2D eigenvalue weighted by Gasteiger charge is 2.39. The molecule has 2 amide bonds. The Kier molecular flexibility index (Phi) is 8.49. The van der Waals surface area contributed by atoms with Crippen molar-refractivity contribution in [3.05, 3.63) is 75.7 Å². The highest BCUT2D eigenvalue weighted by molar-refractivity contribution is 7.88. The van der Waals surface area contributed by atoms with Crippen molar-refractivity contribution in [1.29, 1.82) is 0 Å². The van der Waals surface area contributed by atoms with Crippen LogP contribution in [0.5, 0.6) is 5.75 Å². The van der Waals surface area contributed by atoms with Crippen LogP contribution in [0, 0.1) is 5.41 Å². The number of halogens is 1. The Morgan fingerprint density at radius 2 is 1.79 bits per heavy atom. The number of benzene rings is 2. The first-order valence-corrected chi connectivity index (χ1v) is 15.7. The number of nitrogens with zero attached hydrogens (tertiary/aromatic N) is 5. The number of carbonyl (C=O) groups excluding carboxylic acids is 1. The number of anilines is 2. The standard InChI is InChI=1S/C29H35ClN6O5S/c1-29(11-12-29)20-41-26-25(18-31-36(27(26)37)24-6-4-5-22(30)17-24)34-13-15-35(16-14-34)42(39,40)19-21-7-9-23(10-8-21)32-28(38)33(2)3/h4-10,17-18H,11-16,19-20H2,1-3H3,(H,32,38). The van der Waals surface area contributed by atoms with Gasteiger partial charge in [0.05, 0.1) is 24.2 Å². The molecule has 0 radical (unpaired) electrons. The third kappa shape index (κ3) is 6.88. The van der Waals surface area contributed by atoms with E-state index in [2.05, 4.69) is 17.3 Å². The SMILES string of the molecule is CN(C)C(=O)Nc1ccc(CS(=O)(=O)N2CCN(c3cnn(-c4cccc(Cl)c4)c(=O)c3OCC3(C)CC3)CC2)cc1. The summed E-state index contributed by atoms with van der Waals surface area (Å²) in [6.07, 6.45) is 3.69. The van der Waals surface area contributed by atoms with E-state index in [0.29, 0.717) is 47.3 Å². The van der Waals surface area contributed by atoms with Crippen molar-refractivity contribution >= 4 is 39.0 Å². The van der Waals surface area contributed by atoms with Crippen LogP contribution in [-0.4, -0.2) is 80.3 Å². The summed E-state index contributed by atoms with van der Waals surface area (Å²) in [7, 11) is -0.307. The zero-order valence-corrected chi connectivity index (χ0v) is 25.5. The van der Waals surface area contributed by atoms with E-state index in [9.17, 15) is 18.0 Å². The number of hydrogen-bond acceptors (Lipinski definition) is 7. The lowest BCUT2D eigenvalue weighted by Crippen LogP contribution is -2.49. The summed E-state index contributed by atoms with van der Waals surface area (Å²) in [6.45, 7) is 3.82. The number of amides is 2. The van der Waals surface area contributed by atoms with Gasteiger partial charge in [-0.25, -0.2) is 13.2 Å². The average molecular weight is 615 g/mol. The Morgan fingerprint density at radius 1 is 1.10 bits per heavy atom. The summed E-state index contributed by atoms with van der Waals surface area (Å²) in [6, 6.07) is 13.4. The van der Waals surface area contributed by atoms with Crippen molar-refractivity contribution in [3.8, 4) is 11.4 Å². The Labute approximate surface area is 250 Å². The highest BCUT2D eigenvalue weighted by Crippen LogP contribution is 2.45. The van der Waals surface area contributed by atoms with Crippen molar-refractivity contribution in [2.24, 2.45) is 5.41 Å². The Morgan fingerprint density at radius 3 is 2.40 bits per heavy atom. The van der Waals surface area contributed by atoms with Crippen LogP contribution in [0.4, 0.5) is 16.2 Å². The third-order valence-electron chi connectivity index (χ3n) is 7.57. The van der Waals surface area contributed by atoms with E-state index >= 15 is 0 Å². The second-order valence-electron chi connectivity index (χ2n) is 11.3. The number of piperazine rings is 1. The molecule has 42 heavy (non-hydrogen) atoms. The predicted octanol–water partition coefficient (Wildman–Crippen LogP) is 3.81. The average Bonchev–Trinajstić information content (AvgIpc) is 3.70. The van der Waals surface area contributed by atoms with Gasteiger partial charge in [0.2, 0.25) is 15.8 Å². The van der Waals surface area contributed by atoms with Gasteiger partial charge in [-0.05, 0) is 48.7 Å². The lowest BCUT2D eigenvalue weighted by Gasteiger charge is -2.35. The van der Waals surface area contributed by atoms with E-state index < -0.39 is 10.0 Å². The summed E-state index contributed by atoms with van der Waals surface area (Å²) in [5.74, 6) is 0.0508. The fraction of sp³-hybridized carbons (Fsp3) is 0.414. The van der Waals surface area contributed by atoms with Gasteiger partial charge < -0.3 is 19.9 Å². The molecule has 0 unspecified atom stereocenters. The number of ether oxygens (including phenoxy) is 1. The Bertz CT molecular complexity index is 1610. The van der Waals surface area contributed by atoms with E-state index in [0.717, 1.165) is 12.8 Å². The molecule has 2 heterocycles.